The van der Waals surface area contributed by atoms with E-state index < -0.39 is 34.9 Å². The number of thiazole rings is 1. The summed E-state index contributed by atoms with van der Waals surface area (Å²) < 4.78 is 57.8. The summed E-state index contributed by atoms with van der Waals surface area (Å²) >= 11 is 6.76. The van der Waals surface area contributed by atoms with Gasteiger partial charge in [0.25, 0.3) is 11.8 Å². The maximum absolute atomic E-state index is 15.1. The number of benzene rings is 2. The van der Waals surface area contributed by atoms with E-state index in [1.165, 1.54) is 6.07 Å². The summed E-state index contributed by atoms with van der Waals surface area (Å²) in [5, 5.41) is 2.38. The highest BCUT2D eigenvalue weighted by Crippen LogP contribution is 2.36. The number of alkyl halides is 2. The fraction of sp³-hybridized carbons (Fsp3) is 0.190. The van der Waals surface area contributed by atoms with Crippen LogP contribution in [0.25, 0.3) is 0 Å². The van der Waals surface area contributed by atoms with Gasteiger partial charge in [-0.3, -0.25) is 9.59 Å². The summed E-state index contributed by atoms with van der Waals surface area (Å²) in [5.74, 6) is -8.74. The highest BCUT2D eigenvalue weighted by molar-refractivity contribution is 7.15. The molecule has 1 aliphatic heterocycles. The van der Waals surface area contributed by atoms with Gasteiger partial charge in [-0.25, -0.2) is 13.8 Å². The number of hydrogen-bond acceptors (Lipinski definition) is 5. The van der Waals surface area contributed by atoms with Crippen LogP contribution in [-0.4, -0.2) is 28.2 Å². The minimum atomic E-state index is -4.23. The molecule has 0 atom stereocenters. The highest BCUT2D eigenvalue weighted by atomic mass is 35.5. The maximum Gasteiger partial charge on any atom is 0.352 e. The topological polar surface area (TPSA) is 88.3 Å². The van der Waals surface area contributed by atoms with Gasteiger partial charge in [0, 0.05) is 29.1 Å². The molecule has 2 amide bonds. The fourth-order valence-electron chi connectivity index (χ4n) is 3.39. The largest absolute Gasteiger partial charge is 0.375 e. The minimum absolute atomic E-state index is 0.0300. The lowest BCUT2D eigenvalue weighted by molar-refractivity contribution is -0.160. The van der Waals surface area contributed by atoms with E-state index >= 15 is 8.78 Å². The van der Waals surface area contributed by atoms with E-state index in [1.54, 1.807) is 0 Å². The van der Waals surface area contributed by atoms with Gasteiger partial charge in [0.05, 0.1) is 22.8 Å². The van der Waals surface area contributed by atoms with Crippen LogP contribution in [0.2, 0.25) is 5.02 Å². The number of hydrogen-bond donors (Lipinski definition) is 2. The van der Waals surface area contributed by atoms with Crippen molar-refractivity contribution in [2.45, 2.75) is 18.9 Å². The molecule has 0 fully saturated rings. The summed E-state index contributed by atoms with van der Waals surface area (Å²) in [7, 11) is 0. The molecular formula is C21H15ClF4N4O2S. The number of amides is 2. The van der Waals surface area contributed by atoms with Gasteiger partial charge in [0.2, 0.25) is 0 Å². The Bertz CT molecular complexity index is 1270. The van der Waals surface area contributed by atoms with Gasteiger partial charge in [-0.05, 0) is 36.4 Å². The third kappa shape index (κ3) is 4.51. The van der Waals surface area contributed by atoms with Crippen molar-refractivity contribution in [1.82, 2.24) is 9.88 Å². The monoisotopic (exact) mass is 498 g/mol. The number of nitrogen functional groups attached to an aromatic ring is 1. The summed E-state index contributed by atoms with van der Waals surface area (Å²) in [6, 6.07) is 5.66. The summed E-state index contributed by atoms with van der Waals surface area (Å²) in [5.41, 5.74) is 4.83. The second-order valence-electron chi connectivity index (χ2n) is 7.25. The van der Waals surface area contributed by atoms with Crippen molar-refractivity contribution in [3.63, 3.8) is 0 Å². The molecular weight excluding hydrogens is 484 g/mol. The number of halogens is 5. The van der Waals surface area contributed by atoms with Gasteiger partial charge in [-0.15, -0.1) is 11.3 Å². The summed E-state index contributed by atoms with van der Waals surface area (Å²) in [4.78, 5) is 30.7. The van der Waals surface area contributed by atoms with E-state index in [0.717, 1.165) is 34.4 Å². The Morgan fingerprint density at radius 2 is 1.88 bits per heavy atom. The molecule has 4 rings (SSSR count). The molecule has 0 saturated carbocycles. The molecule has 12 heteroatoms. The molecule has 0 spiro atoms. The van der Waals surface area contributed by atoms with E-state index in [2.05, 4.69) is 10.3 Å². The number of anilines is 2. The molecule has 1 aromatic heterocycles. The van der Waals surface area contributed by atoms with Crippen LogP contribution in [-0.2, 0) is 23.7 Å². The van der Waals surface area contributed by atoms with E-state index in [1.807, 2.05) is 0 Å². The number of carbonyl (C=O) groups excluding carboxylic acids is 2. The molecule has 0 unspecified atom stereocenters. The molecule has 33 heavy (non-hydrogen) atoms. The van der Waals surface area contributed by atoms with Gasteiger partial charge < -0.3 is 16.0 Å². The van der Waals surface area contributed by atoms with Crippen LogP contribution in [0.4, 0.5) is 28.4 Å². The SMILES string of the molecule is Nc1nc2c(s1)CN(C(=O)C(F)(F)c1cc(C(=O)Nc3ccc(F)c(Cl)c3)ccc1F)CC2. The predicted octanol–water partition coefficient (Wildman–Crippen LogP) is 4.59. The van der Waals surface area contributed by atoms with Crippen molar-refractivity contribution >= 4 is 45.6 Å². The Labute approximate surface area is 194 Å². The van der Waals surface area contributed by atoms with Crippen molar-refractivity contribution < 1.29 is 27.2 Å². The maximum atomic E-state index is 15.1. The molecule has 0 bridgehead atoms. The minimum Gasteiger partial charge on any atom is -0.375 e. The van der Waals surface area contributed by atoms with Crippen LogP contribution in [0, 0.1) is 11.6 Å². The molecule has 2 heterocycles. The van der Waals surface area contributed by atoms with Crippen molar-refractivity contribution in [2.75, 3.05) is 17.6 Å². The molecule has 0 aliphatic carbocycles. The number of nitrogens with zero attached hydrogens (tertiary/aromatic N) is 2. The molecule has 3 aromatic rings. The average molecular weight is 499 g/mol. The van der Waals surface area contributed by atoms with Gasteiger partial charge in [0.1, 0.15) is 11.6 Å². The Morgan fingerprint density at radius 3 is 2.61 bits per heavy atom. The van der Waals surface area contributed by atoms with Crippen LogP contribution < -0.4 is 11.1 Å². The number of nitrogens with two attached hydrogens (primary N) is 1. The van der Waals surface area contributed by atoms with Crippen LogP contribution >= 0.6 is 22.9 Å². The van der Waals surface area contributed by atoms with Gasteiger partial charge in [0.15, 0.2) is 5.13 Å². The number of rotatable bonds is 4. The standard InChI is InChI=1S/C21H15ClF4N4O2S/c22-13-8-11(2-4-15(13)24)28-18(31)10-1-3-14(23)12(7-10)21(25,26)19(32)30-6-5-16-17(9-30)33-20(27)29-16/h1-4,7-8H,5-6,9H2,(H2,27,29)(H,28,31). The molecule has 3 N–H and O–H groups in total. The predicted molar refractivity (Wildman–Crippen MR) is 115 cm³/mol. The van der Waals surface area contributed by atoms with Crippen LogP contribution in [0.3, 0.4) is 0 Å². The third-order valence-electron chi connectivity index (χ3n) is 5.05. The van der Waals surface area contributed by atoms with Crippen molar-refractivity contribution in [1.29, 1.82) is 0 Å². The zero-order valence-electron chi connectivity index (χ0n) is 16.7. The first-order valence-electron chi connectivity index (χ1n) is 9.54. The number of carbonyl (C=O) groups is 2. The Morgan fingerprint density at radius 1 is 1.15 bits per heavy atom. The number of nitrogens with one attached hydrogen (secondary N) is 1. The molecule has 0 saturated heterocycles. The second-order valence-corrected chi connectivity index (χ2v) is 8.77. The van der Waals surface area contributed by atoms with Crippen molar-refractivity contribution in [3.8, 4) is 0 Å². The summed E-state index contributed by atoms with van der Waals surface area (Å²) in [6.45, 7) is -0.149. The highest BCUT2D eigenvalue weighted by Gasteiger charge is 2.47. The lowest BCUT2D eigenvalue weighted by Crippen LogP contribution is -2.44. The normalized spacial score (nSPS) is 13.5. The van der Waals surface area contributed by atoms with Crippen LogP contribution in [0.15, 0.2) is 36.4 Å². The first kappa shape index (κ1) is 23.0. The molecule has 6 nitrogen and oxygen atoms in total. The van der Waals surface area contributed by atoms with Gasteiger partial charge in [-0.1, -0.05) is 11.6 Å². The quantitative estimate of drug-likeness (QED) is 0.515. The molecule has 0 radical (unpaired) electrons. The molecule has 172 valence electrons. The second kappa shape index (κ2) is 8.64. The third-order valence-corrected chi connectivity index (χ3v) is 6.25. The van der Waals surface area contributed by atoms with E-state index in [9.17, 15) is 18.4 Å². The van der Waals surface area contributed by atoms with Crippen LogP contribution in [0.5, 0.6) is 0 Å². The molecule has 1 aliphatic rings. The zero-order valence-corrected chi connectivity index (χ0v) is 18.2. The zero-order chi connectivity index (χ0) is 23.9. The Hall–Kier alpha value is -3.18. The summed E-state index contributed by atoms with van der Waals surface area (Å²) in [6.07, 6.45) is 0.246. The molecule has 2 aromatic carbocycles. The number of fused-ring (bicyclic) bond motifs is 1. The van der Waals surface area contributed by atoms with Crippen molar-refractivity contribution in [2.24, 2.45) is 0 Å². The van der Waals surface area contributed by atoms with Crippen molar-refractivity contribution in [3.05, 3.63) is 74.8 Å². The van der Waals surface area contributed by atoms with E-state index in [4.69, 9.17) is 17.3 Å². The average Bonchev–Trinajstić information content (AvgIpc) is 3.15. The Kier molecular flexibility index (Phi) is 6.02. The Balaban J connectivity index is 1.57. The lowest BCUT2D eigenvalue weighted by Gasteiger charge is -2.29. The van der Waals surface area contributed by atoms with Gasteiger partial charge in [-0.2, -0.15) is 8.78 Å². The number of aromatic nitrogens is 1. The van der Waals surface area contributed by atoms with E-state index in [0.29, 0.717) is 22.7 Å². The van der Waals surface area contributed by atoms with Crippen LogP contribution in [0.1, 0.15) is 26.5 Å². The first-order valence-corrected chi connectivity index (χ1v) is 10.7. The lowest BCUT2D eigenvalue weighted by atomic mass is 10.0. The fourth-order valence-corrected chi connectivity index (χ4v) is 4.46. The first-order chi connectivity index (χ1) is 15.6. The van der Waals surface area contributed by atoms with Gasteiger partial charge >= 0.3 is 5.92 Å². The smallest absolute Gasteiger partial charge is 0.352 e. The van der Waals surface area contributed by atoms with E-state index in [-0.39, 0.29) is 40.9 Å².